The third-order valence-corrected chi connectivity index (χ3v) is 13.7. The molecule has 0 aliphatic heterocycles. The van der Waals surface area contributed by atoms with Gasteiger partial charge in [0.15, 0.2) is 6.10 Å². The van der Waals surface area contributed by atoms with E-state index in [1.807, 2.05) is 0 Å². The van der Waals surface area contributed by atoms with Crippen molar-refractivity contribution >= 4 is 19.8 Å². The van der Waals surface area contributed by atoms with Gasteiger partial charge in [-0.25, -0.2) is 4.57 Å². The van der Waals surface area contributed by atoms with Crippen molar-refractivity contribution in [3.8, 4) is 0 Å². The Morgan fingerprint density at radius 2 is 0.754 bits per heavy atom. The number of nitrogens with two attached hydrogens (primary N) is 1. The van der Waals surface area contributed by atoms with Crippen molar-refractivity contribution in [2.45, 2.75) is 290 Å². The molecule has 0 aromatic heterocycles. The number of esters is 2. The standard InChI is InChI=1S/C59H110NO8P/c1-3-5-7-9-11-13-15-17-19-21-23-24-25-26-27-28-29-30-31-32-34-36-38-40-42-44-46-48-50-52-59(62)68-57(56-67-69(63,64)66-54-53-60)55-65-58(61)51-49-47-45-43-41-39-37-35-33-22-20-18-16-14-12-10-8-6-4-2/h15,17-18,20-21,23,25-26,57H,3-14,16,19,22,24,27-56,60H2,1-2H3,(H,63,64)/b17-15-,20-18-,23-21-,26-25-. The molecule has 0 aromatic rings. The molecular weight excluding hydrogens is 882 g/mol. The van der Waals surface area contributed by atoms with Gasteiger partial charge >= 0.3 is 19.8 Å². The normalized spacial score (nSPS) is 13.4. The second-order valence-electron chi connectivity index (χ2n) is 19.5. The highest BCUT2D eigenvalue weighted by Crippen LogP contribution is 2.43. The van der Waals surface area contributed by atoms with Gasteiger partial charge in [0.1, 0.15) is 6.61 Å². The van der Waals surface area contributed by atoms with Gasteiger partial charge in [-0.2, -0.15) is 0 Å². The molecule has 404 valence electrons. The molecule has 0 aromatic carbocycles. The third-order valence-electron chi connectivity index (χ3n) is 12.7. The van der Waals surface area contributed by atoms with E-state index in [1.54, 1.807) is 0 Å². The molecule has 0 aliphatic rings. The lowest BCUT2D eigenvalue weighted by Gasteiger charge is -2.19. The number of hydrogen-bond donors (Lipinski definition) is 2. The van der Waals surface area contributed by atoms with E-state index in [0.29, 0.717) is 6.42 Å². The SMILES string of the molecule is CCCCCCC/C=C\C/C=C\C/C=C\CCCCCCCCCCCCCCCCC(=O)OC(COC(=O)CCCCCCCCCCC/C=C\CCCCCCCC)COP(=O)(O)OCCN. The second-order valence-corrected chi connectivity index (χ2v) is 21.0. The maximum atomic E-state index is 12.7. The Morgan fingerprint density at radius 1 is 0.435 bits per heavy atom. The van der Waals surface area contributed by atoms with Crippen LogP contribution in [-0.4, -0.2) is 49.3 Å². The van der Waals surface area contributed by atoms with E-state index in [1.165, 1.54) is 199 Å². The van der Waals surface area contributed by atoms with Crippen molar-refractivity contribution in [3.63, 3.8) is 0 Å². The van der Waals surface area contributed by atoms with Crippen molar-refractivity contribution in [2.24, 2.45) is 5.73 Å². The summed E-state index contributed by atoms with van der Waals surface area (Å²) in [5.41, 5.74) is 5.38. The summed E-state index contributed by atoms with van der Waals surface area (Å²) in [4.78, 5) is 35.2. The Balaban J connectivity index is 3.95. The molecule has 0 rings (SSSR count). The molecule has 2 atom stereocenters. The summed E-state index contributed by atoms with van der Waals surface area (Å²) in [5.74, 6) is -0.821. The fraction of sp³-hybridized carbons (Fsp3) is 0.831. The average Bonchev–Trinajstić information content (AvgIpc) is 3.34. The minimum atomic E-state index is -4.39. The lowest BCUT2D eigenvalue weighted by Crippen LogP contribution is -2.29. The Hall–Kier alpha value is -2.03. The molecule has 0 heterocycles. The first-order valence-electron chi connectivity index (χ1n) is 29.1. The van der Waals surface area contributed by atoms with Gasteiger partial charge < -0.3 is 20.1 Å². The first kappa shape index (κ1) is 67.0. The number of allylic oxidation sites excluding steroid dienone is 8. The van der Waals surface area contributed by atoms with Crippen molar-refractivity contribution in [1.29, 1.82) is 0 Å². The molecule has 0 saturated heterocycles. The van der Waals surface area contributed by atoms with E-state index in [2.05, 4.69) is 62.5 Å². The van der Waals surface area contributed by atoms with Crippen LogP contribution in [0.1, 0.15) is 284 Å². The molecular formula is C59H110NO8P. The lowest BCUT2D eigenvalue weighted by atomic mass is 10.0. The molecule has 0 spiro atoms. The van der Waals surface area contributed by atoms with Gasteiger partial charge in [-0.15, -0.1) is 0 Å². The molecule has 0 amide bonds. The van der Waals surface area contributed by atoms with Crippen molar-refractivity contribution < 1.29 is 37.6 Å². The van der Waals surface area contributed by atoms with Crippen molar-refractivity contribution in [2.75, 3.05) is 26.4 Å². The van der Waals surface area contributed by atoms with E-state index in [0.717, 1.165) is 51.4 Å². The van der Waals surface area contributed by atoms with E-state index in [9.17, 15) is 19.0 Å². The van der Waals surface area contributed by atoms with E-state index in [-0.39, 0.29) is 38.6 Å². The predicted octanol–water partition coefficient (Wildman–Crippen LogP) is 18.2. The number of rotatable bonds is 55. The Kier molecular flexibility index (Phi) is 53.7. The van der Waals surface area contributed by atoms with Crippen molar-refractivity contribution in [1.82, 2.24) is 0 Å². The number of carbonyl (C=O) groups excluding carboxylic acids is 2. The molecule has 0 aliphatic carbocycles. The first-order chi connectivity index (χ1) is 33.8. The van der Waals surface area contributed by atoms with E-state index in [4.69, 9.17) is 24.3 Å². The molecule has 69 heavy (non-hydrogen) atoms. The number of hydrogen-bond acceptors (Lipinski definition) is 8. The third kappa shape index (κ3) is 55.1. The van der Waals surface area contributed by atoms with Crippen LogP contribution in [0.15, 0.2) is 48.6 Å². The molecule has 0 saturated carbocycles. The molecule has 0 bridgehead atoms. The first-order valence-corrected chi connectivity index (χ1v) is 30.6. The monoisotopic (exact) mass is 992 g/mol. The van der Waals surface area contributed by atoms with Crippen molar-refractivity contribution in [3.05, 3.63) is 48.6 Å². The van der Waals surface area contributed by atoms with Crippen LogP contribution in [0.25, 0.3) is 0 Å². The van der Waals surface area contributed by atoms with Crippen LogP contribution in [0.3, 0.4) is 0 Å². The van der Waals surface area contributed by atoms with Gasteiger partial charge in [0.2, 0.25) is 0 Å². The van der Waals surface area contributed by atoms with Crippen LogP contribution in [0.5, 0.6) is 0 Å². The van der Waals surface area contributed by atoms with Gasteiger partial charge in [0.05, 0.1) is 13.2 Å². The fourth-order valence-corrected chi connectivity index (χ4v) is 9.11. The van der Waals surface area contributed by atoms with Crippen LogP contribution in [-0.2, 0) is 32.7 Å². The number of carbonyl (C=O) groups is 2. The summed E-state index contributed by atoms with van der Waals surface area (Å²) in [6, 6.07) is 0. The minimum absolute atomic E-state index is 0.0531. The van der Waals surface area contributed by atoms with E-state index >= 15 is 0 Å². The highest BCUT2D eigenvalue weighted by atomic mass is 31.2. The number of unbranched alkanes of at least 4 members (excludes halogenated alkanes) is 34. The summed E-state index contributed by atoms with van der Waals surface area (Å²) < 4.78 is 33.0. The molecule has 0 radical (unpaired) electrons. The van der Waals surface area contributed by atoms with Crippen LogP contribution < -0.4 is 5.73 Å². The van der Waals surface area contributed by atoms with Crippen LogP contribution in [0.4, 0.5) is 0 Å². The Morgan fingerprint density at radius 3 is 1.13 bits per heavy atom. The van der Waals surface area contributed by atoms with Gasteiger partial charge in [-0.3, -0.25) is 18.6 Å². The van der Waals surface area contributed by atoms with Gasteiger partial charge in [0.25, 0.3) is 0 Å². The van der Waals surface area contributed by atoms with Crippen LogP contribution >= 0.6 is 7.82 Å². The average molecular weight is 993 g/mol. The summed E-state index contributed by atoms with van der Waals surface area (Å²) in [5, 5.41) is 0. The topological polar surface area (TPSA) is 134 Å². The maximum Gasteiger partial charge on any atom is 0.472 e. The smallest absolute Gasteiger partial charge is 0.462 e. The summed E-state index contributed by atoms with van der Waals surface area (Å²) in [6.07, 6.45) is 67.3. The Labute approximate surface area is 426 Å². The molecule has 2 unspecified atom stereocenters. The van der Waals surface area contributed by atoms with Gasteiger partial charge in [-0.05, 0) is 77.0 Å². The highest BCUT2D eigenvalue weighted by Gasteiger charge is 2.26. The van der Waals surface area contributed by atoms with E-state index < -0.39 is 26.5 Å². The molecule has 9 nitrogen and oxygen atoms in total. The summed E-state index contributed by atoms with van der Waals surface area (Å²) in [6.45, 7) is 3.76. The van der Waals surface area contributed by atoms with Crippen LogP contribution in [0.2, 0.25) is 0 Å². The number of phosphoric acid groups is 1. The zero-order chi connectivity index (χ0) is 50.2. The molecule has 10 heteroatoms. The zero-order valence-electron chi connectivity index (χ0n) is 45.1. The summed E-state index contributed by atoms with van der Waals surface area (Å²) in [7, 11) is -4.39. The number of phosphoric ester groups is 1. The minimum Gasteiger partial charge on any atom is -0.462 e. The zero-order valence-corrected chi connectivity index (χ0v) is 45.9. The van der Waals surface area contributed by atoms with Crippen LogP contribution in [0, 0.1) is 0 Å². The summed E-state index contributed by atoms with van der Waals surface area (Å²) >= 11 is 0. The highest BCUT2D eigenvalue weighted by molar-refractivity contribution is 7.47. The maximum absolute atomic E-state index is 12.7. The molecule has 3 N–H and O–H groups in total. The molecule has 0 fully saturated rings. The predicted molar refractivity (Wildman–Crippen MR) is 293 cm³/mol. The van der Waals surface area contributed by atoms with Gasteiger partial charge in [0, 0.05) is 19.4 Å². The quantitative estimate of drug-likeness (QED) is 0.0264. The fourth-order valence-electron chi connectivity index (χ4n) is 8.35. The second kappa shape index (κ2) is 55.3. The Bertz CT molecular complexity index is 1270. The largest absolute Gasteiger partial charge is 0.472 e. The number of ether oxygens (including phenoxy) is 2. The van der Waals surface area contributed by atoms with Gasteiger partial charge in [-0.1, -0.05) is 242 Å². The lowest BCUT2D eigenvalue weighted by molar-refractivity contribution is -0.161.